The van der Waals surface area contributed by atoms with Gasteiger partial charge in [-0.1, -0.05) is 23.7 Å². The van der Waals surface area contributed by atoms with Crippen molar-refractivity contribution < 1.29 is 9.53 Å². The molecule has 136 valence electrons. The van der Waals surface area contributed by atoms with E-state index in [9.17, 15) is 4.79 Å². The van der Waals surface area contributed by atoms with Crippen molar-refractivity contribution in [2.75, 3.05) is 39.4 Å². The highest BCUT2D eigenvalue weighted by Crippen LogP contribution is 2.26. The van der Waals surface area contributed by atoms with Crippen molar-refractivity contribution in [3.8, 4) is 0 Å². The molecule has 3 heterocycles. The number of carbonyl (C=O) groups is 1. The lowest BCUT2D eigenvalue weighted by Gasteiger charge is -2.50. The number of ether oxygens (including phenoxy) is 1. The summed E-state index contributed by atoms with van der Waals surface area (Å²) in [5.41, 5.74) is 0.984. The Morgan fingerprint density at radius 3 is 2.88 bits per heavy atom. The van der Waals surface area contributed by atoms with Crippen LogP contribution in [0.5, 0.6) is 0 Å². The molecule has 3 fully saturated rings. The minimum absolute atomic E-state index is 0.199. The van der Waals surface area contributed by atoms with Gasteiger partial charge in [0, 0.05) is 18.1 Å². The van der Waals surface area contributed by atoms with Gasteiger partial charge in [-0.2, -0.15) is 0 Å². The third kappa shape index (κ3) is 3.70. The topological polar surface area (TPSA) is 44.8 Å². The Labute approximate surface area is 154 Å². The number of benzene rings is 1. The normalized spacial score (nSPS) is 30.3. The van der Waals surface area contributed by atoms with E-state index in [-0.39, 0.29) is 18.0 Å². The molecule has 0 aromatic heterocycles. The largest absolute Gasteiger partial charge is 0.378 e. The second kappa shape index (κ2) is 7.62. The van der Waals surface area contributed by atoms with E-state index in [0.717, 1.165) is 38.3 Å². The number of piperazine rings is 1. The van der Waals surface area contributed by atoms with Crippen molar-refractivity contribution >= 4 is 17.5 Å². The maximum absolute atomic E-state index is 13.1. The third-order valence-electron chi connectivity index (χ3n) is 5.69. The summed E-state index contributed by atoms with van der Waals surface area (Å²) in [5.74, 6) is 0.199. The zero-order valence-electron chi connectivity index (χ0n) is 14.5. The molecule has 1 amide bonds. The number of hydrogen-bond donors (Lipinski definition) is 1. The fraction of sp³-hybridized carbons (Fsp3) is 0.632. The first-order valence-electron chi connectivity index (χ1n) is 9.31. The molecule has 3 saturated heterocycles. The molecular weight excluding hydrogens is 338 g/mol. The number of halogens is 1. The molecule has 25 heavy (non-hydrogen) atoms. The summed E-state index contributed by atoms with van der Waals surface area (Å²) in [5, 5.41) is 4.25. The zero-order chi connectivity index (χ0) is 17.2. The monoisotopic (exact) mass is 363 g/mol. The predicted molar refractivity (Wildman–Crippen MR) is 97.9 cm³/mol. The van der Waals surface area contributed by atoms with Gasteiger partial charge in [0.05, 0.1) is 37.8 Å². The number of fused-ring (bicyclic) bond motifs is 1. The van der Waals surface area contributed by atoms with E-state index in [1.807, 2.05) is 24.3 Å². The van der Waals surface area contributed by atoms with E-state index in [1.165, 1.54) is 12.8 Å². The van der Waals surface area contributed by atoms with Crippen molar-refractivity contribution in [1.29, 1.82) is 0 Å². The maximum atomic E-state index is 13.1. The Morgan fingerprint density at radius 2 is 2.08 bits per heavy atom. The van der Waals surface area contributed by atoms with E-state index in [4.69, 9.17) is 16.3 Å². The van der Waals surface area contributed by atoms with Crippen LogP contribution in [0.15, 0.2) is 24.3 Å². The van der Waals surface area contributed by atoms with Crippen LogP contribution >= 0.6 is 11.6 Å². The van der Waals surface area contributed by atoms with Gasteiger partial charge < -0.3 is 15.0 Å². The highest BCUT2D eigenvalue weighted by Gasteiger charge is 2.44. The Balaban J connectivity index is 1.52. The van der Waals surface area contributed by atoms with Gasteiger partial charge in [0.15, 0.2) is 0 Å². The van der Waals surface area contributed by atoms with Crippen molar-refractivity contribution in [2.45, 2.75) is 37.4 Å². The van der Waals surface area contributed by atoms with Crippen LogP contribution in [0.25, 0.3) is 0 Å². The second-order valence-corrected chi connectivity index (χ2v) is 7.73. The number of hydrogen-bond acceptors (Lipinski definition) is 4. The zero-order valence-corrected chi connectivity index (χ0v) is 15.3. The van der Waals surface area contributed by atoms with Gasteiger partial charge in [-0.25, -0.2) is 0 Å². The van der Waals surface area contributed by atoms with Crippen LogP contribution in [-0.2, 0) is 16.0 Å². The molecule has 3 atom stereocenters. The Morgan fingerprint density at radius 1 is 1.24 bits per heavy atom. The predicted octanol–water partition coefficient (Wildman–Crippen LogP) is 1.55. The molecule has 1 N–H and O–H groups in total. The average molecular weight is 364 g/mol. The maximum Gasteiger partial charge on any atom is 0.227 e. The minimum Gasteiger partial charge on any atom is -0.378 e. The van der Waals surface area contributed by atoms with Crippen LogP contribution in [0.4, 0.5) is 0 Å². The Bertz CT molecular complexity index is 618. The fourth-order valence-corrected chi connectivity index (χ4v) is 4.73. The molecule has 0 radical (unpaired) electrons. The summed E-state index contributed by atoms with van der Waals surface area (Å²) in [6, 6.07) is 8.36. The molecule has 4 rings (SSSR count). The van der Waals surface area contributed by atoms with Crippen molar-refractivity contribution in [3.05, 3.63) is 34.9 Å². The summed E-state index contributed by atoms with van der Waals surface area (Å²) in [7, 11) is 0. The van der Waals surface area contributed by atoms with Gasteiger partial charge in [-0.15, -0.1) is 0 Å². The number of rotatable bonds is 3. The number of nitrogens with one attached hydrogen (secondary N) is 1. The van der Waals surface area contributed by atoms with Crippen molar-refractivity contribution in [2.24, 2.45) is 0 Å². The SMILES string of the molecule is O=C(Cc1cccc(Cl)c1)N1CCN[C@@H]2COC[C@H](N3CCCC3)[C@H]21. The van der Waals surface area contributed by atoms with Crippen LogP contribution in [0.2, 0.25) is 5.02 Å². The number of amides is 1. The standard InChI is InChI=1S/C19H26ClN3O2/c20-15-5-3-4-14(10-15)11-18(24)23-9-6-21-16-12-25-13-17(19(16)23)22-7-1-2-8-22/h3-5,10,16-17,19,21H,1-2,6-9,11-13H2/t16-,17+,19+/m1/s1. The lowest BCUT2D eigenvalue weighted by atomic mass is 9.92. The van der Waals surface area contributed by atoms with Gasteiger partial charge in [0.1, 0.15) is 0 Å². The van der Waals surface area contributed by atoms with E-state index < -0.39 is 0 Å². The third-order valence-corrected chi connectivity index (χ3v) is 5.92. The minimum atomic E-state index is 0.199. The summed E-state index contributed by atoms with van der Waals surface area (Å²) < 4.78 is 5.87. The van der Waals surface area contributed by atoms with Gasteiger partial charge in [0.25, 0.3) is 0 Å². The molecule has 1 aromatic rings. The number of nitrogens with zero attached hydrogens (tertiary/aromatic N) is 2. The number of likely N-dealkylation sites (tertiary alicyclic amines) is 1. The molecule has 0 spiro atoms. The first-order chi connectivity index (χ1) is 12.2. The van der Waals surface area contributed by atoms with Crippen molar-refractivity contribution in [1.82, 2.24) is 15.1 Å². The van der Waals surface area contributed by atoms with E-state index in [1.54, 1.807) is 0 Å². The van der Waals surface area contributed by atoms with Crippen LogP contribution in [-0.4, -0.2) is 73.2 Å². The molecule has 6 heteroatoms. The molecule has 1 aromatic carbocycles. The van der Waals surface area contributed by atoms with Gasteiger partial charge in [-0.3, -0.25) is 9.69 Å². The summed E-state index contributed by atoms with van der Waals surface area (Å²) >= 11 is 6.08. The van der Waals surface area contributed by atoms with Crippen LogP contribution < -0.4 is 5.32 Å². The first-order valence-corrected chi connectivity index (χ1v) is 9.69. The molecular formula is C19H26ClN3O2. The molecule has 3 aliphatic heterocycles. The quantitative estimate of drug-likeness (QED) is 0.885. The Hall–Kier alpha value is -1.14. The van der Waals surface area contributed by atoms with Gasteiger partial charge in [0.2, 0.25) is 5.91 Å². The molecule has 0 aliphatic carbocycles. The van der Waals surface area contributed by atoms with Crippen LogP contribution in [0.1, 0.15) is 18.4 Å². The van der Waals surface area contributed by atoms with Gasteiger partial charge >= 0.3 is 0 Å². The number of carbonyl (C=O) groups excluding carboxylic acids is 1. The molecule has 0 unspecified atom stereocenters. The van der Waals surface area contributed by atoms with Crippen molar-refractivity contribution in [3.63, 3.8) is 0 Å². The molecule has 3 aliphatic rings. The summed E-state index contributed by atoms with van der Waals surface area (Å²) in [4.78, 5) is 17.7. The average Bonchev–Trinajstić information content (AvgIpc) is 3.15. The molecule has 5 nitrogen and oxygen atoms in total. The molecule has 0 bridgehead atoms. The smallest absolute Gasteiger partial charge is 0.227 e. The van der Waals surface area contributed by atoms with Crippen LogP contribution in [0, 0.1) is 0 Å². The highest BCUT2D eigenvalue weighted by molar-refractivity contribution is 6.30. The van der Waals surface area contributed by atoms with E-state index in [0.29, 0.717) is 24.1 Å². The second-order valence-electron chi connectivity index (χ2n) is 7.29. The van der Waals surface area contributed by atoms with E-state index in [2.05, 4.69) is 15.1 Å². The lowest BCUT2D eigenvalue weighted by molar-refractivity contribution is -0.142. The molecule has 0 saturated carbocycles. The highest BCUT2D eigenvalue weighted by atomic mass is 35.5. The fourth-order valence-electron chi connectivity index (χ4n) is 4.51. The summed E-state index contributed by atoms with van der Waals surface area (Å²) in [6.45, 7) is 5.25. The first kappa shape index (κ1) is 17.3. The Kier molecular flexibility index (Phi) is 5.27. The lowest BCUT2D eigenvalue weighted by Crippen LogP contribution is -2.70. The van der Waals surface area contributed by atoms with Gasteiger partial charge in [-0.05, 0) is 43.6 Å². The summed E-state index contributed by atoms with van der Waals surface area (Å²) in [6.07, 6.45) is 2.91. The van der Waals surface area contributed by atoms with E-state index >= 15 is 0 Å². The van der Waals surface area contributed by atoms with Crippen LogP contribution in [0.3, 0.4) is 0 Å².